The van der Waals surface area contributed by atoms with Crippen molar-refractivity contribution >= 4 is 35.2 Å². The summed E-state index contributed by atoms with van der Waals surface area (Å²) in [7, 11) is 1.33. The van der Waals surface area contributed by atoms with Crippen LogP contribution in [0.3, 0.4) is 0 Å². The van der Waals surface area contributed by atoms with Gasteiger partial charge in [-0.15, -0.1) is 0 Å². The number of benzene rings is 2. The van der Waals surface area contributed by atoms with E-state index in [1.807, 2.05) is 0 Å². The Morgan fingerprint density at radius 1 is 1.00 bits per heavy atom. The van der Waals surface area contributed by atoms with Gasteiger partial charge in [-0.25, -0.2) is 9.59 Å². The summed E-state index contributed by atoms with van der Waals surface area (Å²) >= 11 is 11.9. The first-order valence-electron chi connectivity index (χ1n) is 7.12. The van der Waals surface area contributed by atoms with E-state index in [4.69, 9.17) is 23.2 Å². The molecule has 0 aliphatic heterocycles. The van der Waals surface area contributed by atoms with Gasteiger partial charge >= 0.3 is 12.0 Å². The summed E-state index contributed by atoms with van der Waals surface area (Å²) in [5.74, 6) is -0.396. The Kier molecular flexibility index (Phi) is 6.46. The van der Waals surface area contributed by atoms with E-state index in [9.17, 15) is 9.59 Å². The molecule has 2 N–H and O–H groups in total. The van der Waals surface area contributed by atoms with Gasteiger partial charge in [-0.3, -0.25) is 0 Å². The highest BCUT2D eigenvalue weighted by Gasteiger charge is 2.06. The molecule has 0 saturated carbocycles. The zero-order valence-corrected chi connectivity index (χ0v) is 14.4. The molecule has 126 valence electrons. The molecule has 0 bridgehead atoms. The number of amides is 2. The lowest BCUT2D eigenvalue weighted by Gasteiger charge is -2.09. The van der Waals surface area contributed by atoms with E-state index in [1.165, 1.54) is 7.11 Å². The van der Waals surface area contributed by atoms with Crippen LogP contribution in [0.4, 0.5) is 4.79 Å². The highest BCUT2D eigenvalue weighted by Crippen LogP contribution is 2.20. The first-order valence-corrected chi connectivity index (χ1v) is 7.88. The van der Waals surface area contributed by atoms with Crippen molar-refractivity contribution in [1.82, 2.24) is 10.6 Å². The van der Waals surface area contributed by atoms with E-state index < -0.39 is 5.97 Å². The number of methoxy groups -OCH3 is 1. The van der Waals surface area contributed by atoms with Gasteiger partial charge in [0.05, 0.1) is 12.7 Å². The third-order valence-electron chi connectivity index (χ3n) is 3.28. The van der Waals surface area contributed by atoms with Gasteiger partial charge in [0.25, 0.3) is 0 Å². The minimum atomic E-state index is -0.396. The summed E-state index contributed by atoms with van der Waals surface area (Å²) in [6.45, 7) is 0.630. The molecule has 7 heteroatoms. The fourth-order valence-corrected chi connectivity index (χ4v) is 2.44. The van der Waals surface area contributed by atoms with Crippen molar-refractivity contribution in [2.45, 2.75) is 13.1 Å². The maximum absolute atomic E-state index is 11.8. The molecule has 24 heavy (non-hydrogen) atoms. The van der Waals surface area contributed by atoms with Crippen molar-refractivity contribution < 1.29 is 14.3 Å². The molecule has 0 aromatic heterocycles. The summed E-state index contributed by atoms with van der Waals surface area (Å²) < 4.78 is 4.63. The second kappa shape index (κ2) is 8.57. The van der Waals surface area contributed by atoms with Crippen LogP contribution in [-0.2, 0) is 17.8 Å². The molecule has 0 unspecified atom stereocenters. The number of hydrogen-bond donors (Lipinski definition) is 2. The zero-order valence-electron chi connectivity index (χ0n) is 12.9. The molecule has 2 amide bonds. The Bertz CT molecular complexity index is 733. The lowest BCUT2D eigenvalue weighted by Crippen LogP contribution is -2.34. The Hall–Kier alpha value is -2.24. The predicted molar refractivity (Wildman–Crippen MR) is 93.3 cm³/mol. The van der Waals surface area contributed by atoms with E-state index in [-0.39, 0.29) is 6.03 Å². The number of halogens is 2. The van der Waals surface area contributed by atoms with Gasteiger partial charge in [0, 0.05) is 23.1 Å². The summed E-state index contributed by atoms with van der Waals surface area (Å²) in [5.41, 5.74) is 2.10. The van der Waals surface area contributed by atoms with Gasteiger partial charge in [-0.1, -0.05) is 41.4 Å². The molecule has 0 spiro atoms. The molecule has 0 fully saturated rings. The summed E-state index contributed by atoms with van der Waals surface area (Å²) in [6, 6.07) is 11.6. The fraction of sp³-hybridized carbons (Fsp3) is 0.176. The molecular weight excluding hydrogens is 351 g/mol. The highest BCUT2D eigenvalue weighted by molar-refractivity contribution is 6.35. The molecule has 0 atom stereocenters. The lowest BCUT2D eigenvalue weighted by molar-refractivity contribution is 0.0600. The quantitative estimate of drug-likeness (QED) is 0.791. The van der Waals surface area contributed by atoms with Crippen molar-refractivity contribution in [2.75, 3.05) is 7.11 Å². The van der Waals surface area contributed by atoms with Crippen molar-refractivity contribution in [3.63, 3.8) is 0 Å². The Balaban J connectivity index is 1.81. The van der Waals surface area contributed by atoms with Crippen LogP contribution in [0.1, 0.15) is 21.5 Å². The van der Waals surface area contributed by atoms with Crippen molar-refractivity contribution in [2.24, 2.45) is 0 Å². The van der Waals surface area contributed by atoms with Crippen LogP contribution in [0, 0.1) is 0 Å². The van der Waals surface area contributed by atoms with Gasteiger partial charge in [0.15, 0.2) is 0 Å². The highest BCUT2D eigenvalue weighted by atomic mass is 35.5. The summed E-state index contributed by atoms with van der Waals surface area (Å²) in [4.78, 5) is 23.2. The topological polar surface area (TPSA) is 67.4 Å². The molecule has 0 saturated heterocycles. The van der Waals surface area contributed by atoms with E-state index in [2.05, 4.69) is 15.4 Å². The van der Waals surface area contributed by atoms with E-state index in [1.54, 1.807) is 42.5 Å². The summed E-state index contributed by atoms with van der Waals surface area (Å²) in [5, 5.41) is 6.49. The third kappa shape index (κ3) is 5.15. The number of esters is 1. The number of ether oxygens (including phenoxy) is 1. The Morgan fingerprint density at radius 3 is 2.29 bits per heavy atom. The number of nitrogens with one attached hydrogen (secondary N) is 2. The van der Waals surface area contributed by atoms with Crippen molar-refractivity contribution in [3.8, 4) is 0 Å². The number of hydrogen-bond acceptors (Lipinski definition) is 3. The Labute approximate surface area is 149 Å². The first-order chi connectivity index (χ1) is 11.5. The van der Waals surface area contributed by atoms with Crippen LogP contribution < -0.4 is 10.6 Å². The zero-order chi connectivity index (χ0) is 17.5. The number of carbonyl (C=O) groups excluding carboxylic acids is 2. The SMILES string of the molecule is COC(=O)c1ccc(CNC(=O)NCc2ccc(Cl)cc2Cl)cc1. The first kappa shape index (κ1) is 18.1. The second-order valence-corrected chi connectivity index (χ2v) is 5.80. The average Bonchev–Trinajstić information content (AvgIpc) is 2.59. The lowest BCUT2D eigenvalue weighted by atomic mass is 10.1. The predicted octanol–water partition coefficient (Wildman–Crippen LogP) is 3.78. The van der Waals surface area contributed by atoms with E-state index in [0.717, 1.165) is 11.1 Å². The van der Waals surface area contributed by atoms with Gasteiger partial charge in [0.1, 0.15) is 0 Å². The average molecular weight is 367 g/mol. The third-order valence-corrected chi connectivity index (χ3v) is 3.87. The van der Waals surface area contributed by atoms with Gasteiger partial charge in [-0.05, 0) is 35.4 Å². The molecule has 0 radical (unpaired) electrons. The van der Waals surface area contributed by atoms with Crippen LogP contribution >= 0.6 is 23.2 Å². The maximum Gasteiger partial charge on any atom is 0.337 e. The van der Waals surface area contributed by atoms with Gasteiger partial charge < -0.3 is 15.4 Å². The van der Waals surface area contributed by atoms with Gasteiger partial charge in [-0.2, -0.15) is 0 Å². The molecule has 5 nitrogen and oxygen atoms in total. The molecule has 0 aliphatic carbocycles. The number of carbonyl (C=O) groups is 2. The van der Waals surface area contributed by atoms with Crippen LogP contribution in [0.25, 0.3) is 0 Å². The minimum absolute atomic E-state index is 0.295. The largest absolute Gasteiger partial charge is 0.465 e. The van der Waals surface area contributed by atoms with Crippen LogP contribution in [0.15, 0.2) is 42.5 Å². The van der Waals surface area contributed by atoms with Crippen molar-refractivity contribution in [1.29, 1.82) is 0 Å². The number of urea groups is 1. The minimum Gasteiger partial charge on any atom is -0.465 e. The molecule has 2 aromatic rings. The van der Waals surface area contributed by atoms with Crippen LogP contribution in [0.5, 0.6) is 0 Å². The van der Waals surface area contributed by atoms with Gasteiger partial charge in [0.2, 0.25) is 0 Å². The molecule has 2 aromatic carbocycles. The standard InChI is InChI=1S/C17H16Cl2N2O3/c1-24-16(22)12-4-2-11(3-5-12)9-20-17(23)21-10-13-6-7-14(18)8-15(13)19/h2-8H,9-10H2,1H3,(H2,20,21,23). The van der Waals surface area contributed by atoms with E-state index in [0.29, 0.717) is 28.7 Å². The number of rotatable bonds is 5. The Morgan fingerprint density at radius 2 is 1.67 bits per heavy atom. The van der Waals surface area contributed by atoms with Crippen LogP contribution in [-0.4, -0.2) is 19.1 Å². The normalized spacial score (nSPS) is 10.1. The smallest absolute Gasteiger partial charge is 0.337 e. The molecule has 0 heterocycles. The van der Waals surface area contributed by atoms with Crippen molar-refractivity contribution in [3.05, 3.63) is 69.2 Å². The second-order valence-electron chi connectivity index (χ2n) is 4.96. The maximum atomic E-state index is 11.8. The van der Waals surface area contributed by atoms with Crippen LogP contribution in [0.2, 0.25) is 10.0 Å². The summed E-state index contributed by atoms with van der Waals surface area (Å²) in [6.07, 6.45) is 0. The van der Waals surface area contributed by atoms with E-state index >= 15 is 0 Å². The molecule has 2 rings (SSSR count). The fourth-order valence-electron chi connectivity index (χ4n) is 1.96. The monoisotopic (exact) mass is 366 g/mol. The molecular formula is C17H16Cl2N2O3. The molecule has 0 aliphatic rings.